The molecule has 26 heavy (non-hydrogen) atoms. The maximum absolute atomic E-state index is 12.1. The van der Waals surface area contributed by atoms with Crippen molar-refractivity contribution in [3.8, 4) is 11.4 Å². The minimum absolute atomic E-state index is 0.0441. The first-order chi connectivity index (χ1) is 12.4. The van der Waals surface area contributed by atoms with Gasteiger partial charge in [-0.05, 0) is 58.4 Å². The van der Waals surface area contributed by atoms with Crippen LogP contribution in [0.1, 0.15) is 20.7 Å². The Kier molecular flexibility index (Phi) is 5.24. The lowest BCUT2D eigenvalue weighted by Gasteiger charge is -2.09. The van der Waals surface area contributed by atoms with Crippen molar-refractivity contribution in [3.05, 3.63) is 75.5 Å². The molecular weight excluding hydrogens is 424 g/mol. The van der Waals surface area contributed by atoms with Gasteiger partial charge in [0.25, 0.3) is 11.8 Å². The Hall–Kier alpha value is -2.84. The smallest absolute Gasteiger partial charge is 0.273 e. The van der Waals surface area contributed by atoms with Crippen LogP contribution in [0.4, 0.5) is 0 Å². The summed E-state index contributed by atoms with van der Waals surface area (Å²) in [4.78, 5) is 24.2. The van der Waals surface area contributed by atoms with Crippen LogP contribution in [0.25, 0.3) is 5.69 Å². The molecule has 1 aromatic heterocycles. The highest BCUT2D eigenvalue weighted by Gasteiger charge is 2.13. The molecule has 0 saturated carbocycles. The molecule has 0 aliphatic heterocycles. The SMILES string of the molecule is O=C(NNC(=O)c1cc(Cl)ccc1O)c1ccc(-n2cc(Br)cn2)cc1. The molecule has 0 aliphatic carbocycles. The predicted molar refractivity (Wildman–Crippen MR) is 99.3 cm³/mol. The summed E-state index contributed by atoms with van der Waals surface area (Å²) in [6.45, 7) is 0. The van der Waals surface area contributed by atoms with Gasteiger partial charge in [0.1, 0.15) is 5.75 Å². The number of aromatic nitrogens is 2. The summed E-state index contributed by atoms with van der Waals surface area (Å²) in [5, 5.41) is 14.1. The van der Waals surface area contributed by atoms with Gasteiger partial charge in [-0.3, -0.25) is 20.4 Å². The third-order valence-corrected chi connectivity index (χ3v) is 4.08. The number of carbonyl (C=O) groups is 2. The van der Waals surface area contributed by atoms with E-state index in [4.69, 9.17) is 11.6 Å². The number of benzene rings is 2. The molecule has 0 atom stereocenters. The molecule has 0 spiro atoms. The zero-order valence-corrected chi connectivity index (χ0v) is 15.5. The van der Waals surface area contributed by atoms with Gasteiger partial charge in [-0.25, -0.2) is 4.68 Å². The molecule has 7 nitrogen and oxygen atoms in total. The number of nitrogens with one attached hydrogen (secondary N) is 2. The topological polar surface area (TPSA) is 96.3 Å². The summed E-state index contributed by atoms with van der Waals surface area (Å²) in [5.41, 5.74) is 5.60. The first-order valence-corrected chi connectivity index (χ1v) is 8.51. The quantitative estimate of drug-likeness (QED) is 0.551. The van der Waals surface area contributed by atoms with E-state index >= 15 is 0 Å². The standard InChI is InChI=1S/C17H12BrClN4O3/c18-11-8-20-23(9-11)13-4-1-10(2-5-13)16(25)21-22-17(26)14-7-12(19)3-6-15(14)24/h1-9,24H,(H,21,25)(H,22,26). The van der Waals surface area contributed by atoms with E-state index < -0.39 is 11.8 Å². The van der Waals surface area contributed by atoms with E-state index in [1.165, 1.54) is 18.2 Å². The molecule has 1 heterocycles. The Morgan fingerprint density at radius 1 is 1.08 bits per heavy atom. The minimum Gasteiger partial charge on any atom is -0.507 e. The van der Waals surface area contributed by atoms with Crippen molar-refractivity contribution in [2.24, 2.45) is 0 Å². The summed E-state index contributed by atoms with van der Waals surface area (Å²) in [7, 11) is 0. The average molecular weight is 436 g/mol. The van der Waals surface area contributed by atoms with E-state index in [1.807, 2.05) is 0 Å². The minimum atomic E-state index is -0.684. The number of amides is 2. The van der Waals surface area contributed by atoms with Crippen molar-refractivity contribution in [2.75, 3.05) is 0 Å². The fourth-order valence-electron chi connectivity index (χ4n) is 2.15. The van der Waals surface area contributed by atoms with E-state index in [0.29, 0.717) is 10.6 Å². The van der Waals surface area contributed by atoms with Crippen LogP contribution in [0, 0.1) is 0 Å². The Morgan fingerprint density at radius 2 is 1.77 bits per heavy atom. The predicted octanol–water partition coefficient (Wildman–Crippen LogP) is 3.07. The number of rotatable bonds is 3. The number of nitrogens with zero attached hydrogens (tertiary/aromatic N) is 2. The molecule has 3 aromatic rings. The monoisotopic (exact) mass is 434 g/mol. The number of carbonyl (C=O) groups excluding carboxylic acids is 2. The van der Waals surface area contributed by atoms with E-state index in [0.717, 1.165) is 10.2 Å². The van der Waals surface area contributed by atoms with Crippen molar-refractivity contribution < 1.29 is 14.7 Å². The highest BCUT2D eigenvalue weighted by Crippen LogP contribution is 2.21. The first kappa shape index (κ1) is 18.0. The van der Waals surface area contributed by atoms with Crippen LogP contribution in [-0.2, 0) is 0 Å². The normalized spacial score (nSPS) is 10.4. The number of aromatic hydroxyl groups is 1. The molecular formula is C17H12BrClN4O3. The largest absolute Gasteiger partial charge is 0.507 e. The highest BCUT2D eigenvalue weighted by atomic mass is 79.9. The maximum atomic E-state index is 12.1. The second kappa shape index (κ2) is 7.59. The van der Waals surface area contributed by atoms with Gasteiger partial charge in [0.15, 0.2) is 0 Å². The molecule has 132 valence electrons. The van der Waals surface area contributed by atoms with Crippen LogP contribution in [0.3, 0.4) is 0 Å². The van der Waals surface area contributed by atoms with Crippen molar-refractivity contribution in [1.29, 1.82) is 0 Å². The molecule has 0 radical (unpaired) electrons. The lowest BCUT2D eigenvalue weighted by atomic mass is 10.2. The fourth-order valence-corrected chi connectivity index (χ4v) is 2.61. The van der Waals surface area contributed by atoms with Gasteiger partial charge < -0.3 is 5.11 Å². The zero-order chi connectivity index (χ0) is 18.7. The van der Waals surface area contributed by atoms with Crippen LogP contribution in [-0.4, -0.2) is 26.7 Å². The van der Waals surface area contributed by atoms with Crippen molar-refractivity contribution in [2.45, 2.75) is 0 Å². The molecule has 0 fully saturated rings. The zero-order valence-electron chi connectivity index (χ0n) is 13.1. The maximum Gasteiger partial charge on any atom is 0.273 e. The number of phenolic OH excluding ortho intramolecular Hbond substituents is 1. The van der Waals surface area contributed by atoms with Crippen LogP contribution in [0.15, 0.2) is 59.3 Å². The van der Waals surface area contributed by atoms with Gasteiger partial charge in [0, 0.05) is 16.8 Å². The number of phenols is 1. The molecule has 0 unspecified atom stereocenters. The van der Waals surface area contributed by atoms with Gasteiger partial charge in [-0.15, -0.1) is 0 Å². The summed E-state index contributed by atoms with van der Waals surface area (Å²) < 4.78 is 2.49. The third kappa shape index (κ3) is 4.04. The van der Waals surface area contributed by atoms with Gasteiger partial charge >= 0.3 is 0 Å². The van der Waals surface area contributed by atoms with Crippen molar-refractivity contribution in [1.82, 2.24) is 20.6 Å². The Balaban J connectivity index is 1.64. The lowest BCUT2D eigenvalue weighted by Crippen LogP contribution is -2.41. The summed E-state index contributed by atoms with van der Waals surface area (Å²) in [6, 6.07) is 10.7. The number of hydrogen-bond acceptors (Lipinski definition) is 4. The highest BCUT2D eigenvalue weighted by molar-refractivity contribution is 9.10. The Bertz CT molecular complexity index is 972. The summed E-state index contributed by atoms with van der Waals surface area (Å²) in [5.74, 6) is -1.43. The first-order valence-electron chi connectivity index (χ1n) is 7.34. The molecule has 0 aliphatic rings. The van der Waals surface area contributed by atoms with Gasteiger partial charge in [0.05, 0.1) is 21.9 Å². The van der Waals surface area contributed by atoms with Crippen LogP contribution in [0.5, 0.6) is 5.75 Å². The second-order valence-electron chi connectivity index (χ2n) is 5.22. The average Bonchev–Trinajstić information content (AvgIpc) is 3.08. The Morgan fingerprint density at radius 3 is 2.42 bits per heavy atom. The fraction of sp³-hybridized carbons (Fsp3) is 0. The lowest BCUT2D eigenvalue weighted by molar-refractivity contribution is 0.0845. The molecule has 3 N–H and O–H groups in total. The molecule has 3 rings (SSSR count). The van der Waals surface area contributed by atoms with Gasteiger partial charge in [-0.2, -0.15) is 5.10 Å². The Labute approximate surface area is 161 Å². The number of hydrogen-bond donors (Lipinski definition) is 3. The van der Waals surface area contributed by atoms with Crippen LogP contribution >= 0.6 is 27.5 Å². The van der Waals surface area contributed by atoms with E-state index in [9.17, 15) is 14.7 Å². The van der Waals surface area contributed by atoms with E-state index in [1.54, 1.807) is 41.3 Å². The molecule has 2 aromatic carbocycles. The van der Waals surface area contributed by atoms with E-state index in [-0.39, 0.29) is 11.3 Å². The number of halogens is 2. The van der Waals surface area contributed by atoms with Gasteiger partial charge in [0.2, 0.25) is 0 Å². The van der Waals surface area contributed by atoms with Crippen LogP contribution < -0.4 is 10.9 Å². The molecule has 0 bridgehead atoms. The third-order valence-electron chi connectivity index (χ3n) is 3.44. The van der Waals surface area contributed by atoms with E-state index in [2.05, 4.69) is 31.9 Å². The molecule has 0 saturated heterocycles. The second-order valence-corrected chi connectivity index (χ2v) is 6.57. The van der Waals surface area contributed by atoms with Crippen molar-refractivity contribution in [3.63, 3.8) is 0 Å². The van der Waals surface area contributed by atoms with Crippen molar-refractivity contribution >= 4 is 39.3 Å². The van der Waals surface area contributed by atoms with Gasteiger partial charge in [-0.1, -0.05) is 11.6 Å². The summed E-state index contributed by atoms with van der Waals surface area (Å²) in [6.07, 6.45) is 3.44. The summed E-state index contributed by atoms with van der Waals surface area (Å²) >= 11 is 9.11. The molecule has 9 heteroatoms. The number of hydrazine groups is 1. The van der Waals surface area contributed by atoms with Crippen LogP contribution in [0.2, 0.25) is 5.02 Å². The molecule has 2 amide bonds.